The topological polar surface area (TPSA) is 94.1 Å². The van der Waals surface area contributed by atoms with Crippen LogP contribution in [0.4, 0.5) is 0 Å². The number of benzene rings is 1. The summed E-state index contributed by atoms with van der Waals surface area (Å²) in [6.07, 6.45) is -1.06. The largest absolute Gasteiger partial charge is 0.496 e. The lowest BCUT2D eigenvalue weighted by Crippen LogP contribution is -2.38. The van der Waals surface area contributed by atoms with Gasteiger partial charge < -0.3 is 24.6 Å². The maximum atomic E-state index is 11.9. The van der Waals surface area contributed by atoms with Gasteiger partial charge in [0.15, 0.2) is 6.10 Å². The molecule has 1 amide bonds. The molecule has 0 aliphatic rings. The van der Waals surface area contributed by atoms with E-state index in [9.17, 15) is 9.59 Å². The maximum Gasteiger partial charge on any atom is 0.334 e. The second-order valence-electron chi connectivity index (χ2n) is 4.18. The number of methoxy groups -OCH3 is 3. The molecule has 0 aromatic heterocycles. The second-order valence-corrected chi connectivity index (χ2v) is 4.18. The summed E-state index contributed by atoms with van der Waals surface area (Å²) in [5.74, 6) is -0.411. The van der Waals surface area contributed by atoms with Crippen LogP contribution in [0.1, 0.15) is 5.56 Å². The average Bonchev–Trinajstić information content (AvgIpc) is 2.47. The molecule has 0 aliphatic carbocycles. The van der Waals surface area contributed by atoms with Gasteiger partial charge in [-0.3, -0.25) is 4.79 Å². The third-order valence-corrected chi connectivity index (χ3v) is 2.91. The summed E-state index contributed by atoms with van der Waals surface area (Å²) in [7, 11) is 4.28. The zero-order valence-electron chi connectivity index (χ0n) is 12.2. The Morgan fingerprint density at radius 2 is 1.76 bits per heavy atom. The highest BCUT2D eigenvalue weighted by Gasteiger charge is 2.19. The van der Waals surface area contributed by atoms with E-state index in [1.54, 1.807) is 18.2 Å². The van der Waals surface area contributed by atoms with Crippen molar-refractivity contribution in [3.8, 4) is 11.5 Å². The van der Waals surface area contributed by atoms with Crippen molar-refractivity contribution in [2.75, 3.05) is 27.9 Å². The van der Waals surface area contributed by atoms with E-state index in [0.717, 1.165) is 0 Å². The number of nitrogens with one attached hydrogen (secondary N) is 1. The van der Waals surface area contributed by atoms with Crippen LogP contribution in [0.3, 0.4) is 0 Å². The molecular weight excluding hydrogens is 278 g/mol. The molecule has 1 aromatic rings. The van der Waals surface area contributed by atoms with Crippen molar-refractivity contribution in [2.24, 2.45) is 0 Å². The Morgan fingerprint density at radius 1 is 1.19 bits per heavy atom. The van der Waals surface area contributed by atoms with Gasteiger partial charge in [-0.15, -0.1) is 0 Å². The standard InChI is InChI=1S/C14H19NO6/c1-19-10-5-4-6-11(20-2)9(10)7-13(16)15-8-12(21-3)14(17)18/h4-6,12H,7-8H2,1-3H3,(H,15,16)(H,17,18). The number of carboxylic acid groups (broad SMARTS) is 1. The predicted molar refractivity (Wildman–Crippen MR) is 74.7 cm³/mol. The molecular formula is C14H19NO6. The minimum atomic E-state index is -1.13. The molecule has 116 valence electrons. The van der Waals surface area contributed by atoms with E-state index < -0.39 is 12.1 Å². The summed E-state index contributed by atoms with van der Waals surface area (Å²) in [6, 6.07) is 5.20. The molecule has 0 heterocycles. The molecule has 7 nitrogen and oxygen atoms in total. The molecule has 0 radical (unpaired) electrons. The summed E-state index contributed by atoms with van der Waals surface area (Å²) in [5, 5.41) is 11.3. The Labute approximate surface area is 122 Å². The van der Waals surface area contributed by atoms with Crippen molar-refractivity contribution in [1.29, 1.82) is 0 Å². The average molecular weight is 297 g/mol. The van der Waals surface area contributed by atoms with Gasteiger partial charge >= 0.3 is 5.97 Å². The van der Waals surface area contributed by atoms with Crippen LogP contribution in [0.15, 0.2) is 18.2 Å². The third kappa shape index (κ3) is 4.64. The smallest absolute Gasteiger partial charge is 0.334 e. The number of ether oxygens (including phenoxy) is 3. The summed E-state index contributed by atoms with van der Waals surface area (Å²) in [5.41, 5.74) is 0.601. The number of carbonyl (C=O) groups is 2. The van der Waals surface area contributed by atoms with Crippen molar-refractivity contribution in [2.45, 2.75) is 12.5 Å². The molecule has 0 fully saturated rings. The van der Waals surface area contributed by atoms with E-state index in [4.69, 9.17) is 19.3 Å². The fourth-order valence-electron chi connectivity index (χ4n) is 1.80. The van der Waals surface area contributed by atoms with Gasteiger partial charge in [0.05, 0.1) is 27.2 Å². The highest BCUT2D eigenvalue weighted by molar-refractivity contribution is 5.81. The number of hydrogen-bond acceptors (Lipinski definition) is 5. The highest BCUT2D eigenvalue weighted by Crippen LogP contribution is 2.28. The number of hydrogen-bond donors (Lipinski definition) is 2. The molecule has 0 spiro atoms. The fraction of sp³-hybridized carbons (Fsp3) is 0.429. The molecule has 1 aromatic carbocycles. The summed E-state index contributed by atoms with van der Waals surface area (Å²) in [4.78, 5) is 22.7. The van der Waals surface area contributed by atoms with Gasteiger partial charge in [-0.1, -0.05) is 6.07 Å². The van der Waals surface area contributed by atoms with E-state index in [1.807, 2.05) is 0 Å². The number of carboxylic acids is 1. The van der Waals surface area contributed by atoms with Crippen LogP contribution < -0.4 is 14.8 Å². The van der Waals surface area contributed by atoms with E-state index >= 15 is 0 Å². The van der Waals surface area contributed by atoms with Crippen LogP contribution in [-0.4, -0.2) is 51.0 Å². The van der Waals surface area contributed by atoms with Crippen molar-refractivity contribution in [1.82, 2.24) is 5.32 Å². The van der Waals surface area contributed by atoms with Crippen LogP contribution in [0, 0.1) is 0 Å². The molecule has 2 N–H and O–H groups in total. The van der Waals surface area contributed by atoms with Crippen LogP contribution >= 0.6 is 0 Å². The molecule has 0 bridgehead atoms. The molecule has 1 unspecified atom stereocenters. The van der Waals surface area contributed by atoms with Crippen LogP contribution in [-0.2, 0) is 20.7 Å². The first-order valence-electron chi connectivity index (χ1n) is 6.25. The van der Waals surface area contributed by atoms with Gasteiger partial charge in [-0.05, 0) is 12.1 Å². The normalized spacial score (nSPS) is 11.6. The lowest BCUT2D eigenvalue weighted by Gasteiger charge is -2.14. The van der Waals surface area contributed by atoms with Crippen LogP contribution in [0.25, 0.3) is 0 Å². The van der Waals surface area contributed by atoms with Crippen molar-refractivity contribution in [3.63, 3.8) is 0 Å². The Morgan fingerprint density at radius 3 is 2.19 bits per heavy atom. The maximum absolute atomic E-state index is 11.9. The first-order valence-corrected chi connectivity index (χ1v) is 6.25. The minimum Gasteiger partial charge on any atom is -0.496 e. The Balaban J connectivity index is 2.73. The molecule has 1 rings (SSSR count). The number of aliphatic carboxylic acids is 1. The zero-order chi connectivity index (χ0) is 15.8. The molecule has 0 aliphatic heterocycles. The fourth-order valence-corrected chi connectivity index (χ4v) is 1.80. The van der Waals surface area contributed by atoms with Gasteiger partial charge in [-0.2, -0.15) is 0 Å². The molecule has 0 saturated heterocycles. The summed E-state index contributed by atoms with van der Waals surface area (Å²) >= 11 is 0. The number of rotatable bonds is 8. The zero-order valence-corrected chi connectivity index (χ0v) is 12.2. The summed E-state index contributed by atoms with van der Waals surface area (Å²) in [6.45, 7) is -0.109. The van der Waals surface area contributed by atoms with Gasteiger partial charge in [0, 0.05) is 12.7 Å². The monoisotopic (exact) mass is 297 g/mol. The Hall–Kier alpha value is -2.28. The minimum absolute atomic E-state index is 0.0171. The first kappa shape index (κ1) is 16.8. The van der Waals surface area contributed by atoms with Crippen molar-refractivity contribution in [3.05, 3.63) is 23.8 Å². The van der Waals surface area contributed by atoms with E-state index in [0.29, 0.717) is 17.1 Å². The van der Waals surface area contributed by atoms with Gasteiger partial charge in [0.1, 0.15) is 11.5 Å². The highest BCUT2D eigenvalue weighted by atomic mass is 16.5. The Bertz CT molecular complexity index is 480. The lowest BCUT2D eigenvalue weighted by molar-refractivity contribution is -0.148. The predicted octanol–water partition coefficient (Wildman–Crippen LogP) is 0.462. The van der Waals surface area contributed by atoms with Gasteiger partial charge in [-0.25, -0.2) is 4.79 Å². The number of carbonyl (C=O) groups excluding carboxylic acids is 1. The van der Waals surface area contributed by atoms with E-state index in [2.05, 4.69) is 5.32 Å². The van der Waals surface area contributed by atoms with Crippen molar-refractivity contribution < 1.29 is 28.9 Å². The van der Waals surface area contributed by atoms with Crippen molar-refractivity contribution >= 4 is 11.9 Å². The quantitative estimate of drug-likeness (QED) is 0.724. The molecule has 7 heteroatoms. The van der Waals surface area contributed by atoms with Crippen LogP contribution in [0.2, 0.25) is 0 Å². The van der Waals surface area contributed by atoms with E-state index in [1.165, 1.54) is 21.3 Å². The Kier molecular flexibility index (Phi) is 6.48. The van der Waals surface area contributed by atoms with Crippen LogP contribution in [0.5, 0.6) is 11.5 Å². The SMILES string of the molecule is COc1cccc(OC)c1CC(=O)NCC(OC)C(=O)O. The second kappa shape index (κ2) is 8.11. The van der Waals surface area contributed by atoms with Gasteiger partial charge in [0.2, 0.25) is 5.91 Å². The molecule has 1 atom stereocenters. The van der Waals surface area contributed by atoms with E-state index in [-0.39, 0.29) is 18.9 Å². The first-order chi connectivity index (χ1) is 10.0. The summed E-state index contributed by atoms with van der Waals surface area (Å²) < 4.78 is 15.1. The third-order valence-electron chi connectivity index (χ3n) is 2.91. The molecule has 21 heavy (non-hydrogen) atoms. The number of amides is 1. The lowest BCUT2D eigenvalue weighted by atomic mass is 10.1. The van der Waals surface area contributed by atoms with Gasteiger partial charge in [0.25, 0.3) is 0 Å². The molecule has 0 saturated carbocycles.